The van der Waals surface area contributed by atoms with Crippen molar-refractivity contribution in [3.05, 3.63) is 62.2 Å². The van der Waals surface area contributed by atoms with Gasteiger partial charge in [0.15, 0.2) is 5.17 Å². The second-order valence-corrected chi connectivity index (χ2v) is 9.22. The minimum atomic E-state index is -0.0446. The number of carbonyl (C=O) groups is 1. The summed E-state index contributed by atoms with van der Waals surface area (Å²) in [4.78, 5) is 24.4. The van der Waals surface area contributed by atoms with Crippen molar-refractivity contribution in [1.82, 2.24) is 9.88 Å². The van der Waals surface area contributed by atoms with Gasteiger partial charge in [-0.05, 0) is 54.4 Å². The van der Waals surface area contributed by atoms with Gasteiger partial charge in [-0.1, -0.05) is 60.1 Å². The van der Waals surface area contributed by atoms with E-state index in [9.17, 15) is 4.79 Å². The van der Waals surface area contributed by atoms with Crippen LogP contribution in [0.5, 0.6) is 0 Å². The number of rotatable bonds is 3. The van der Waals surface area contributed by atoms with Crippen LogP contribution in [0.3, 0.4) is 0 Å². The Morgan fingerprint density at radius 2 is 1.90 bits per heavy atom. The van der Waals surface area contributed by atoms with Crippen molar-refractivity contribution in [3.8, 4) is 0 Å². The number of amides is 1. The molecule has 0 bridgehead atoms. The van der Waals surface area contributed by atoms with Crippen LogP contribution in [0.15, 0.2) is 46.6 Å². The maximum absolute atomic E-state index is 13.3. The monoisotopic (exact) mass is 465 g/mol. The maximum Gasteiger partial charge on any atom is 0.267 e. The Labute approximate surface area is 189 Å². The third-order valence-corrected chi connectivity index (χ3v) is 6.83. The fourth-order valence-corrected chi connectivity index (χ4v) is 5.21. The summed E-state index contributed by atoms with van der Waals surface area (Å²) in [7, 11) is 0. The Morgan fingerprint density at radius 1 is 1.10 bits per heavy atom. The van der Waals surface area contributed by atoms with Crippen molar-refractivity contribution in [2.45, 2.75) is 38.1 Å². The number of pyridine rings is 1. The average molecular weight is 467 g/mol. The van der Waals surface area contributed by atoms with E-state index in [0.29, 0.717) is 30.8 Å². The lowest BCUT2D eigenvalue weighted by molar-refractivity contribution is -0.124. The highest BCUT2D eigenvalue weighted by Crippen LogP contribution is 2.40. The van der Waals surface area contributed by atoms with Gasteiger partial charge in [0.05, 0.1) is 15.6 Å². The number of amidine groups is 1. The maximum atomic E-state index is 13.3. The van der Waals surface area contributed by atoms with Crippen LogP contribution in [0.4, 0.5) is 5.69 Å². The van der Waals surface area contributed by atoms with Crippen molar-refractivity contribution < 1.29 is 4.79 Å². The number of hydrogen-bond donors (Lipinski definition) is 0. The van der Waals surface area contributed by atoms with Crippen LogP contribution in [0, 0.1) is 0 Å². The number of halogens is 3. The number of carbonyl (C=O) groups excluding carboxylic acids is 1. The standard InChI is InChI=1S/C21H18Cl3N3OS/c22-14-7-6-13(16(23)11-14)10-19-20(28)27(15-4-2-1-3-5-15)21(29-19)26-18-8-9-25-12-17(18)24/h6-12,15H,1-5H2/b19-10-,26-21?. The molecule has 0 spiro atoms. The number of nitrogens with zero attached hydrogens (tertiary/aromatic N) is 3. The van der Waals surface area contributed by atoms with Gasteiger partial charge in [-0.25, -0.2) is 4.99 Å². The van der Waals surface area contributed by atoms with Crippen molar-refractivity contribution in [1.29, 1.82) is 0 Å². The van der Waals surface area contributed by atoms with Gasteiger partial charge in [0.25, 0.3) is 5.91 Å². The highest BCUT2D eigenvalue weighted by atomic mass is 35.5. The third kappa shape index (κ3) is 4.64. The Hall–Kier alpha value is -1.53. The zero-order valence-electron chi connectivity index (χ0n) is 15.4. The fourth-order valence-electron chi connectivity index (χ4n) is 3.55. The van der Waals surface area contributed by atoms with Crippen LogP contribution >= 0.6 is 46.6 Å². The summed E-state index contributed by atoms with van der Waals surface area (Å²) in [5.41, 5.74) is 1.35. The Morgan fingerprint density at radius 3 is 2.62 bits per heavy atom. The number of aliphatic imine (C=N–C) groups is 1. The van der Waals surface area contributed by atoms with Gasteiger partial charge in [0, 0.05) is 28.5 Å². The molecule has 0 atom stereocenters. The van der Waals surface area contributed by atoms with Crippen molar-refractivity contribution >= 4 is 69.4 Å². The van der Waals surface area contributed by atoms with E-state index in [-0.39, 0.29) is 11.9 Å². The molecule has 2 aliphatic rings. The number of thioether (sulfide) groups is 1. The van der Waals surface area contributed by atoms with Crippen LogP contribution in [0.2, 0.25) is 15.1 Å². The summed E-state index contributed by atoms with van der Waals surface area (Å²) in [6.45, 7) is 0. The van der Waals surface area contributed by atoms with Gasteiger partial charge < -0.3 is 0 Å². The number of hydrogen-bond acceptors (Lipinski definition) is 4. The van der Waals surface area contributed by atoms with Gasteiger partial charge in [-0.2, -0.15) is 0 Å². The Kier molecular flexibility index (Phi) is 6.50. The highest BCUT2D eigenvalue weighted by molar-refractivity contribution is 8.18. The second kappa shape index (κ2) is 9.09. The van der Waals surface area contributed by atoms with Crippen LogP contribution in [-0.2, 0) is 4.79 Å². The summed E-state index contributed by atoms with van der Waals surface area (Å²) < 4.78 is 0. The molecule has 1 amide bonds. The lowest BCUT2D eigenvalue weighted by atomic mass is 9.94. The molecule has 1 aromatic heterocycles. The summed E-state index contributed by atoms with van der Waals surface area (Å²) in [6, 6.07) is 7.14. The molecule has 1 aliphatic carbocycles. The topological polar surface area (TPSA) is 45.6 Å². The molecule has 0 N–H and O–H groups in total. The molecule has 1 saturated carbocycles. The smallest absolute Gasteiger partial charge is 0.267 e. The second-order valence-electron chi connectivity index (χ2n) is 6.96. The van der Waals surface area contributed by atoms with Crippen LogP contribution in [0.25, 0.3) is 6.08 Å². The van der Waals surface area contributed by atoms with Crippen molar-refractivity contribution in [3.63, 3.8) is 0 Å². The molecule has 0 unspecified atom stereocenters. The molecule has 1 aliphatic heterocycles. The predicted octanol–water partition coefficient (Wildman–Crippen LogP) is 6.98. The molecule has 2 fully saturated rings. The quantitative estimate of drug-likeness (QED) is 0.458. The molecular formula is C21H18Cl3N3OS. The first-order valence-electron chi connectivity index (χ1n) is 9.39. The SMILES string of the molecule is O=C1/C(=C/c2ccc(Cl)cc2Cl)SC(=Nc2ccncc2Cl)N1C1CCCCC1. The zero-order chi connectivity index (χ0) is 20.4. The minimum Gasteiger partial charge on any atom is -0.283 e. The summed E-state index contributed by atoms with van der Waals surface area (Å²) >= 11 is 19.9. The Balaban J connectivity index is 1.73. The summed E-state index contributed by atoms with van der Waals surface area (Å²) in [5.74, 6) is -0.0446. The normalized spacial score (nSPS) is 20.8. The predicted molar refractivity (Wildman–Crippen MR) is 122 cm³/mol. The molecule has 2 heterocycles. The van der Waals surface area contributed by atoms with Crippen LogP contribution in [0.1, 0.15) is 37.7 Å². The minimum absolute atomic E-state index is 0.0446. The number of aromatic nitrogens is 1. The number of benzene rings is 1. The van der Waals surface area contributed by atoms with Gasteiger partial charge in [-0.15, -0.1) is 0 Å². The van der Waals surface area contributed by atoms with E-state index in [1.54, 1.807) is 36.7 Å². The molecule has 4 nitrogen and oxygen atoms in total. The van der Waals surface area contributed by atoms with Gasteiger partial charge in [0.2, 0.25) is 0 Å². The lowest BCUT2D eigenvalue weighted by Crippen LogP contribution is -2.40. The van der Waals surface area contributed by atoms with E-state index < -0.39 is 0 Å². The third-order valence-electron chi connectivity index (χ3n) is 4.99. The first kappa shape index (κ1) is 20.7. The van der Waals surface area contributed by atoms with E-state index in [4.69, 9.17) is 39.8 Å². The van der Waals surface area contributed by atoms with E-state index in [1.165, 1.54) is 18.2 Å². The van der Waals surface area contributed by atoms with Crippen molar-refractivity contribution in [2.24, 2.45) is 4.99 Å². The van der Waals surface area contributed by atoms with Gasteiger partial charge in [-0.3, -0.25) is 14.7 Å². The molecular weight excluding hydrogens is 449 g/mol. The van der Waals surface area contributed by atoms with Crippen LogP contribution in [-0.4, -0.2) is 27.0 Å². The van der Waals surface area contributed by atoms with E-state index in [1.807, 2.05) is 11.0 Å². The van der Waals surface area contributed by atoms with Crippen LogP contribution < -0.4 is 0 Å². The van der Waals surface area contributed by atoms with Crippen molar-refractivity contribution in [2.75, 3.05) is 0 Å². The molecule has 8 heteroatoms. The first-order valence-corrected chi connectivity index (χ1v) is 11.3. The van der Waals surface area contributed by atoms with E-state index in [0.717, 1.165) is 31.2 Å². The lowest BCUT2D eigenvalue weighted by Gasteiger charge is -2.30. The summed E-state index contributed by atoms with van der Waals surface area (Å²) in [6.07, 6.45) is 10.4. The zero-order valence-corrected chi connectivity index (χ0v) is 18.5. The fraction of sp³-hybridized carbons (Fsp3) is 0.286. The summed E-state index contributed by atoms with van der Waals surface area (Å²) in [5, 5.41) is 2.16. The van der Waals surface area contributed by atoms with Gasteiger partial charge in [0.1, 0.15) is 0 Å². The van der Waals surface area contributed by atoms with E-state index >= 15 is 0 Å². The highest BCUT2D eigenvalue weighted by Gasteiger charge is 2.38. The molecule has 2 aromatic rings. The molecule has 150 valence electrons. The Bertz CT molecular complexity index is 1000. The molecule has 4 rings (SSSR count). The molecule has 1 saturated heterocycles. The largest absolute Gasteiger partial charge is 0.283 e. The first-order chi connectivity index (χ1) is 14.0. The molecule has 1 aromatic carbocycles. The molecule has 29 heavy (non-hydrogen) atoms. The van der Waals surface area contributed by atoms with E-state index in [2.05, 4.69) is 4.98 Å². The van der Waals surface area contributed by atoms with Gasteiger partial charge >= 0.3 is 0 Å². The average Bonchev–Trinajstić information content (AvgIpc) is 3.01. The molecule has 0 radical (unpaired) electrons.